The van der Waals surface area contributed by atoms with Gasteiger partial charge in [0.2, 0.25) is 11.8 Å². The normalized spacial score (nSPS) is 22.4. The van der Waals surface area contributed by atoms with Crippen LogP contribution in [0.3, 0.4) is 0 Å². The number of fused-ring (bicyclic) bond motifs is 1. The molecule has 1 aromatic carbocycles. The Morgan fingerprint density at radius 3 is 2.38 bits per heavy atom. The van der Waals surface area contributed by atoms with Gasteiger partial charge in [0, 0.05) is 38.0 Å². The molecular formula is C30H44N4O6. The number of carbonyl (C=O) groups excluding carboxylic acids is 4. The Morgan fingerprint density at radius 1 is 1.05 bits per heavy atom. The number of rotatable bonds is 11. The summed E-state index contributed by atoms with van der Waals surface area (Å²) in [6.07, 6.45) is 2.53. The molecule has 40 heavy (non-hydrogen) atoms. The van der Waals surface area contributed by atoms with Gasteiger partial charge in [0.05, 0.1) is 38.3 Å². The number of Topliss-reactive ketones (excluding diaryl/α,β-unsaturated/α-hetero) is 1. The van der Waals surface area contributed by atoms with Gasteiger partial charge in [-0.15, -0.1) is 0 Å². The first-order chi connectivity index (χ1) is 19.2. The molecule has 4 atom stereocenters. The highest BCUT2D eigenvalue weighted by Gasteiger charge is 2.52. The summed E-state index contributed by atoms with van der Waals surface area (Å²) in [4.78, 5) is 59.0. The second-order valence-electron chi connectivity index (χ2n) is 11.5. The minimum atomic E-state index is -0.760. The van der Waals surface area contributed by atoms with Crippen molar-refractivity contribution >= 4 is 29.2 Å². The second-order valence-corrected chi connectivity index (χ2v) is 11.5. The fraction of sp³-hybridized carbons (Fsp3) is 0.667. The zero-order valence-corrected chi connectivity index (χ0v) is 24.3. The van der Waals surface area contributed by atoms with Crippen LogP contribution in [0.2, 0.25) is 0 Å². The maximum atomic E-state index is 13.8. The van der Waals surface area contributed by atoms with E-state index in [-0.39, 0.29) is 47.9 Å². The number of hydrogen-bond donors (Lipinski definition) is 1. The number of benzene rings is 1. The zero-order valence-electron chi connectivity index (χ0n) is 24.3. The number of morpholine rings is 1. The van der Waals surface area contributed by atoms with E-state index in [1.807, 2.05) is 32.9 Å². The van der Waals surface area contributed by atoms with Crippen LogP contribution in [0.25, 0.3) is 0 Å². The molecule has 0 aliphatic carbocycles. The Hall–Kier alpha value is -2.98. The Kier molecular flexibility index (Phi) is 10.2. The summed E-state index contributed by atoms with van der Waals surface area (Å²) >= 11 is 0. The van der Waals surface area contributed by atoms with E-state index in [2.05, 4.69) is 10.2 Å². The van der Waals surface area contributed by atoms with Crippen molar-refractivity contribution in [1.82, 2.24) is 15.1 Å². The predicted octanol–water partition coefficient (Wildman–Crippen LogP) is 2.11. The largest absolute Gasteiger partial charge is 0.384 e. The first-order valence-corrected chi connectivity index (χ1v) is 14.6. The van der Waals surface area contributed by atoms with Crippen molar-refractivity contribution in [1.29, 1.82) is 0 Å². The summed E-state index contributed by atoms with van der Waals surface area (Å²) in [7, 11) is 1.57. The molecule has 0 spiro atoms. The molecule has 10 heteroatoms. The molecule has 3 aliphatic heterocycles. The number of anilines is 1. The molecule has 3 amide bonds. The number of methoxy groups -OCH3 is 1. The second kappa shape index (κ2) is 13.6. The summed E-state index contributed by atoms with van der Waals surface area (Å²) < 4.78 is 10.7. The third-order valence-electron chi connectivity index (χ3n) is 8.16. The van der Waals surface area contributed by atoms with E-state index in [4.69, 9.17) is 9.47 Å². The van der Waals surface area contributed by atoms with Crippen molar-refractivity contribution in [2.24, 2.45) is 11.8 Å². The van der Waals surface area contributed by atoms with Crippen LogP contribution in [-0.4, -0.2) is 105 Å². The molecule has 4 unspecified atom stereocenters. The molecule has 3 fully saturated rings. The molecule has 3 saturated heterocycles. The molecule has 3 heterocycles. The van der Waals surface area contributed by atoms with Gasteiger partial charge in [-0.2, -0.15) is 0 Å². The number of hydrogen-bond acceptors (Lipinski definition) is 7. The van der Waals surface area contributed by atoms with E-state index in [9.17, 15) is 19.2 Å². The number of ether oxygens (including phenoxy) is 2. The molecular weight excluding hydrogens is 512 g/mol. The summed E-state index contributed by atoms with van der Waals surface area (Å²) in [5.74, 6) is -0.924. The molecule has 4 rings (SSSR count). The Bertz CT molecular complexity index is 1050. The summed E-state index contributed by atoms with van der Waals surface area (Å²) in [5.41, 5.74) is 1.51. The van der Waals surface area contributed by atoms with Crippen LogP contribution in [0.1, 0.15) is 56.8 Å². The fourth-order valence-electron chi connectivity index (χ4n) is 6.20. The lowest BCUT2D eigenvalue weighted by molar-refractivity contribution is -0.139. The van der Waals surface area contributed by atoms with Crippen LogP contribution in [0.15, 0.2) is 24.3 Å². The minimum absolute atomic E-state index is 0.0125. The van der Waals surface area contributed by atoms with Gasteiger partial charge in [-0.3, -0.25) is 19.2 Å². The molecule has 0 radical (unpaired) electrons. The molecule has 3 aliphatic rings. The average molecular weight is 557 g/mol. The van der Waals surface area contributed by atoms with Gasteiger partial charge in [0.25, 0.3) is 5.91 Å². The van der Waals surface area contributed by atoms with Crippen LogP contribution in [0, 0.1) is 11.8 Å². The Balaban J connectivity index is 1.45. The highest BCUT2D eigenvalue weighted by molar-refractivity contribution is 6.01. The smallest absolute Gasteiger partial charge is 0.251 e. The number of nitrogens with zero attached hydrogens (tertiary/aromatic N) is 3. The molecule has 0 bridgehead atoms. The number of nitrogens with one attached hydrogen (secondary N) is 1. The third kappa shape index (κ3) is 6.66. The van der Waals surface area contributed by atoms with Gasteiger partial charge in [-0.25, -0.2) is 0 Å². The van der Waals surface area contributed by atoms with E-state index in [0.29, 0.717) is 51.2 Å². The van der Waals surface area contributed by atoms with Crippen molar-refractivity contribution in [3.63, 3.8) is 0 Å². The minimum Gasteiger partial charge on any atom is -0.384 e. The average Bonchev–Trinajstić information content (AvgIpc) is 3.53. The van der Waals surface area contributed by atoms with Crippen molar-refractivity contribution in [2.75, 3.05) is 58.0 Å². The lowest BCUT2D eigenvalue weighted by atomic mass is 10.0. The topological polar surface area (TPSA) is 108 Å². The Morgan fingerprint density at radius 2 is 1.75 bits per heavy atom. The first-order valence-electron chi connectivity index (χ1n) is 14.6. The van der Waals surface area contributed by atoms with Crippen LogP contribution in [0.4, 0.5) is 5.69 Å². The molecule has 220 valence electrons. The lowest BCUT2D eigenvalue weighted by Gasteiger charge is -2.30. The van der Waals surface area contributed by atoms with E-state index >= 15 is 0 Å². The number of likely N-dealkylation sites (tertiary alicyclic amines) is 2. The van der Waals surface area contributed by atoms with Crippen LogP contribution in [0.5, 0.6) is 0 Å². The maximum Gasteiger partial charge on any atom is 0.251 e. The van der Waals surface area contributed by atoms with Gasteiger partial charge in [-0.1, -0.05) is 27.2 Å². The number of amides is 3. The first kappa shape index (κ1) is 30.0. The lowest BCUT2D eigenvalue weighted by Crippen LogP contribution is -2.53. The number of carbonyl (C=O) groups is 4. The summed E-state index contributed by atoms with van der Waals surface area (Å²) in [5, 5.41) is 2.95. The zero-order chi connectivity index (χ0) is 28.8. The van der Waals surface area contributed by atoms with Crippen LogP contribution < -0.4 is 10.2 Å². The summed E-state index contributed by atoms with van der Waals surface area (Å²) in [6, 6.07) is 5.64. The maximum absolute atomic E-state index is 13.8. The van der Waals surface area contributed by atoms with Crippen LogP contribution >= 0.6 is 0 Å². The standard InChI is InChI=1S/C30H44N4O6/c1-5-6-22(19-39-4)29(37)34-18-26(35)27-25(34)11-12-33(27)30(38)24(17-20(2)3)31-28(36)21-7-9-23(10-8-21)32-13-15-40-16-14-32/h7-10,20,22,24-25,27H,5-6,11-19H2,1-4H3,(H,31,36). The number of ketones is 1. The Labute approximate surface area is 237 Å². The van der Waals surface area contributed by atoms with Gasteiger partial charge >= 0.3 is 0 Å². The SMILES string of the molecule is CCCC(COC)C(=O)N1CC(=O)C2C1CCN2C(=O)C(CC(C)C)NC(=O)c1ccc(N2CCOCC2)cc1. The van der Waals surface area contributed by atoms with Crippen molar-refractivity contribution < 1.29 is 28.7 Å². The van der Waals surface area contributed by atoms with Gasteiger partial charge in [-0.05, 0) is 49.4 Å². The monoisotopic (exact) mass is 556 g/mol. The molecule has 0 aromatic heterocycles. The van der Waals surface area contributed by atoms with Gasteiger partial charge in [0.1, 0.15) is 12.1 Å². The van der Waals surface area contributed by atoms with E-state index in [1.165, 1.54) is 0 Å². The molecule has 0 saturated carbocycles. The molecule has 1 N–H and O–H groups in total. The summed E-state index contributed by atoms with van der Waals surface area (Å²) in [6.45, 7) is 9.70. The van der Waals surface area contributed by atoms with Crippen molar-refractivity contribution in [3.05, 3.63) is 29.8 Å². The van der Waals surface area contributed by atoms with Crippen molar-refractivity contribution in [2.45, 2.75) is 64.6 Å². The van der Waals surface area contributed by atoms with Crippen molar-refractivity contribution in [3.8, 4) is 0 Å². The predicted molar refractivity (Wildman–Crippen MR) is 151 cm³/mol. The fourth-order valence-corrected chi connectivity index (χ4v) is 6.20. The van der Waals surface area contributed by atoms with E-state index in [1.54, 1.807) is 29.0 Å². The molecule has 10 nitrogen and oxygen atoms in total. The molecule has 1 aromatic rings. The highest BCUT2D eigenvalue weighted by atomic mass is 16.5. The van der Waals surface area contributed by atoms with Gasteiger partial charge < -0.3 is 29.5 Å². The van der Waals surface area contributed by atoms with Gasteiger partial charge in [0.15, 0.2) is 5.78 Å². The quantitative estimate of drug-likeness (QED) is 0.445. The highest BCUT2D eigenvalue weighted by Crippen LogP contribution is 2.32. The third-order valence-corrected chi connectivity index (χ3v) is 8.16. The van der Waals surface area contributed by atoms with E-state index in [0.717, 1.165) is 25.2 Å². The van der Waals surface area contributed by atoms with E-state index < -0.39 is 12.1 Å². The van der Waals surface area contributed by atoms with Crippen LogP contribution in [-0.2, 0) is 23.9 Å².